The second kappa shape index (κ2) is 4.42. The van der Waals surface area contributed by atoms with Crippen LogP contribution in [0.4, 0.5) is 11.4 Å². The molecule has 6 heteroatoms. The number of benzene rings is 1. The summed E-state index contributed by atoms with van der Waals surface area (Å²) in [6.07, 6.45) is 0. The molecule has 0 unspecified atom stereocenters. The van der Waals surface area contributed by atoms with E-state index in [-0.39, 0.29) is 11.7 Å². The van der Waals surface area contributed by atoms with Crippen LogP contribution in [0.2, 0.25) is 0 Å². The first kappa shape index (κ1) is 11.4. The zero-order chi connectivity index (χ0) is 12.4. The predicted molar refractivity (Wildman–Crippen MR) is 67.3 cm³/mol. The summed E-state index contributed by atoms with van der Waals surface area (Å²) in [6.45, 7) is 1.76. The van der Waals surface area contributed by atoms with Crippen LogP contribution in [0.3, 0.4) is 0 Å². The molecule has 0 saturated heterocycles. The van der Waals surface area contributed by atoms with E-state index in [1.807, 2.05) is 0 Å². The van der Waals surface area contributed by atoms with Gasteiger partial charge in [-0.25, -0.2) is 4.98 Å². The first-order valence-corrected chi connectivity index (χ1v) is 5.76. The molecule has 0 saturated carbocycles. The number of carbonyl (C=O) groups is 1. The van der Waals surface area contributed by atoms with Crippen LogP contribution in [0.1, 0.15) is 15.4 Å². The summed E-state index contributed by atoms with van der Waals surface area (Å²) in [7, 11) is 0. The monoisotopic (exact) mass is 249 g/mol. The zero-order valence-corrected chi connectivity index (χ0v) is 9.91. The number of aromatic nitrogens is 1. The van der Waals surface area contributed by atoms with Gasteiger partial charge in [0, 0.05) is 6.07 Å². The molecule has 0 radical (unpaired) electrons. The van der Waals surface area contributed by atoms with Gasteiger partial charge < -0.3 is 16.2 Å². The third kappa shape index (κ3) is 2.36. The molecule has 0 aliphatic rings. The fourth-order valence-corrected chi connectivity index (χ4v) is 2.05. The van der Waals surface area contributed by atoms with Gasteiger partial charge in [0.25, 0.3) is 5.91 Å². The van der Waals surface area contributed by atoms with Crippen molar-refractivity contribution >= 4 is 28.6 Å². The van der Waals surface area contributed by atoms with E-state index in [1.165, 1.54) is 29.5 Å². The molecular weight excluding hydrogens is 238 g/mol. The molecule has 1 aromatic carbocycles. The summed E-state index contributed by atoms with van der Waals surface area (Å²) in [5.74, 6) is -0.224. The molecule has 0 spiro atoms. The lowest BCUT2D eigenvalue weighted by Crippen LogP contribution is -2.12. The molecule has 0 aliphatic heterocycles. The van der Waals surface area contributed by atoms with Crippen molar-refractivity contribution in [1.82, 2.24) is 4.98 Å². The number of nitrogens with one attached hydrogen (secondary N) is 1. The molecule has 0 aliphatic carbocycles. The Morgan fingerprint density at radius 3 is 2.94 bits per heavy atom. The summed E-state index contributed by atoms with van der Waals surface area (Å²) in [6, 6.07) is 4.40. The molecule has 5 nitrogen and oxygen atoms in total. The number of aromatic hydroxyl groups is 1. The fraction of sp³-hybridized carbons (Fsp3) is 0.0909. The number of hydrogen-bond acceptors (Lipinski definition) is 5. The SMILES string of the molecule is Cc1ncsc1C(=O)Nc1cc(O)ccc1N. The lowest BCUT2D eigenvalue weighted by molar-refractivity contribution is 0.103. The average molecular weight is 249 g/mol. The van der Waals surface area contributed by atoms with Gasteiger partial charge in [-0.2, -0.15) is 0 Å². The van der Waals surface area contributed by atoms with Crippen LogP contribution >= 0.6 is 11.3 Å². The summed E-state index contributed by atoms with van der Waals surface area (Å²) < 4.78 is 0. The number of phenolic OH excluding ortho intramolecular Hbond substituents is 1. The van der Waals surface area contributed by atoms with Crippen molar-refractivity contribution in [2.45, 2.75) is 6.92 Å². The van der Waals surface area contributed by atoms with Gasteiger partial charge in [0.15, 0.2) is 0 Å². The Morgan fingerprint density at radius 1 is 1.53 bits per heavy atom. The van der Waals surface area contributed by atoms with Gasteiger partial charge in [-0.05, 0) is 19.1 Å². The molecule has 4 N–H and O–H groups in total. The Labute approximate surface area is 102 Å². The summed E-state index contributed by atoms with van der Waals surface area (Å²) in [5, 5.41) is 12.0. The van der Waals surface area contributed by atoms with Crippen LogP contribution in [0.15, 0.2) is 23.7 Å². The number of rotatable bonds is 2. The topological polar surface area (TPSA) is 88.2 Å². The van der Waals surface area contributed by atoms with Crippen molar-refractivity contribution in [3.63, 3.8) is 0 Å². The van der Waals surface area contributed by atoms with Crippen molar-refractivity contribution in [2.75, 3.05) is 11.1 Å². The Balaban J connectivity index is 2.24. The Hall–Kier alpha value is -2.08. The highest BCUT2D eigenvalue weighted by molar-refractivity contribution is 7.12. The van der Waals surface area contributed by atoms with Gasteiger partial charge in [0.1, 0.15) is 10.6 Å². The van der Waals surface area contributed by atoms with Gasteiger partial charge >= 0.3 is 0 Å². The third-order valence-electron chi connectivity index (χ3n) is 2.24. The largest absolute Gasteiger partial charge is 0.508 e. The number of carbonyl (C=O) groups excluding carboxylic acids is 1. The van der Waals surface area contributed by atoms with Gasteiger partial charge in [0.05, 0.1) is 22.6 Å². The molecule has 2 aromatic rings. The maximum atomic E-state index is 11.9. The Morgan fingerprint density at radius 2 is 2.29 bits per heavy atom. The lowest BCUT2D eigenvalue weighted by Gasteiger charge is -2.07. The zero-order valence-electron chi connectivity index (χ0n) is 9.10. The van der Waals surface area contributed by atoms with E-state index >= 15 is 0 Å². The maximum absolute atomic E-state index is 11.9. The minimum absolute atomic E-state index is 0.0514. The number of nitrogen functional groups attached to an aromatic ring is 1. The highest BCUT2D eigenvalue weighted by atomic mass is 32.1. The van der Waals surface area contributed by atoms with E-state index < -0.39 is 0 Å². The number of phenols is 1. The first-order valence-electron chi connectivity index (χ1n) is 4.88. The fourth-order valence-electron chi connectivity index (χ4n) is 1.35. The van der Waals surface area contributed by atoms with Crippen molar-refractivity contribution in [1.29, 1.82) is 0 Å². The van der Waals surface area contributed by atoms with Gasteiger partial charge in [0.2, 0.25) is 0 Å². The molecule has 17 heavy (non-hydrogen) atoms. The summed E-state index contributed by atoms with van der Waals surface area (Å²) >= 11 is 1.26. The smallest absolute Gasteiger partial charge is 0.267 e. The van der Waals surface area contributed by atoms with Crippen LogP contribution in [0.5, 0.6) is 5.75 Å². The lowest BCUT2D eigenvalue weighted by atomic mass is 10.2. The van der Waals surface area contributed by atoms with Crippen LogP contribution in [0, 0.1) is 6.92 Å². The van der Waals surface area contributed by atoms with Crippen LogP contribution in [-0.2, 0) is 0 Å². The summed E-state index contributed by atoms with van der Waals surface area (Å²) in [5.41, 5.74) is 8.76. The standard InChI is InChI=1S/C11H11N3O2S/c1-6-10(17-5-13-6)11(16)14-9-4-7(15)2-3-8(9)12/h2-5,15H,12H2,1H3,(H,14,16). The first-order chi connectivity index (χ1) is 8.08. The summed E-state index contributed by atoms with van der Waals surface area (Å²) in [4.78, 5) is 16.4. The molecule has 0 bridgehead atoms. The number of thiazole rings is 1. The molecule has 1 aromatic heterocycles. The number of amides is 1. The normalized spacial score (nSPS) is 10.2. The molecule has 1 amide bonds. The van der Waals surface area contributed by atoms with E-state index in [0.29, 0.717) is 21.9 Å². The predicted octanol–water partition coefficient (Wildman–Crippen LogP) is 1.99. The maximum Gasteiger partial charge on any atom is 0.267 e. The van der Waals surface area contributed by atoms with Crippen LogP contribution < -0.4 is 11.1 Å². The van der Waals surface area contributed by atoms with Crippen LogP contribution in [-0.4, -0.2) is 16.0 Å². The minimum Gasteiger partial charge on any atom is -0.508 e. The molecule has 1 heterocycles. The van der Waals surface area contributed by atoms with Gasteiger partial charge in [-0.1, -0.05) is 0 Å². The van der Waals surface area contributed by atoms with Crippen molar-refractivity contribution in [2.24, 2.45) is 0 Å². The highest BCUT2D eigenvalue weighted by Gasteiger charge is 2.13. The molecule has 0 atom stereocenters. The average Bonchev–Trinajstić information content (AvgIpc) is 2.70. The van der Waals surface area contributed by atoms with E-state index in [0.717, 1.165) is 0 Å². The third-order valence-corrected chi connectivity index (χ3v) is 3.16. The number of nitrogens with zero attached hydrogens (tertiary/aromatic N) is 1. The molecular formula is C11H11N3O2S. The van der Waals surface area contributed by atoms with Gasteiger partial charge in [-0.3, -0.25) is 4.79 Å². The van der Waals surface area contributed by atoms with Crippen LogP contribution in [0.25, 0.3) is 0 Å². The second-order valence-corrected chi connectivity index (χ2v) is 4.35. The van der Waals surface area contributed by atoms with Gasteiger partial charge in [-0.15, -0.1) is 11.3 Å². The quantitative estimate of drug-likeness (QED) is 0.561. The Bertz CT molecular complexity index is 566. The Kier molecular flexibility index (Phi) is 2.97. The number of nitrogens with two attached hydrogens (primary N) is 1. The van der Waals surface area contributed by atoms with E-state index in [1.54, 1.807) is 12.4 Å². The molecule has 0 fully saturated rings. The number of anilines is 2. The number of aryl methyl sites for hydroxylation is 1. The van der Waals surface area contributed by atoms with E-state index in [4.69, 9.17) is 5.73 Å². The molecule has 2 rings (SSSR count). The van der Waals surface area contributed by atoms with E-state index in [9.17, 15) is 9.90 Å². The van der Waals surface area contributed by atoms with Crippen molar-refractivity contribution < 1.29 is 9.90 Å². The second-order valence-electron chi connectivity index (χ2n) is 3.49. The van der Waals surface area contributed by atoms with E-state index in [2.05, 4.69) is 10.3 Å². The molecule has 88 valence electrons. The van der Waals surface area contributed by atoms with Crippen molar-refractivity contribution in [3.05, 3.63) is 34.3 Å². The minimum atomic E-state index is -0.276. The highest BCUT2D eigenvalue weighted by Crippen LogP contribution is 2.25. The number of hydrogen-bond donors (Lipinski definition) is 3. The van der Waals surface area contributed by atoms with Crippen molar-refractivity contribution in [3.8, 4) is 5.75 Å².